The van der Waals surface area contributed by atoms with Gasteiger partial charge in [0.15, 0.2) is 0 Å². The van der Waals surface area contributed by atoms with E-state index in [0.717, 1.165) is 12.1 Å². The molecule has 6 aromatic rings. The molecule has 0 bridgehead atoms. The molecule has 58 heavy (non-hydrogen) atoms. The standard InChI is InChI=1S/3C17H23Si2.Cr/c3*1-12-7-5-9-16(14(12)3)18-11-19-17-10-6-8-13(2)15(17)4;/h3*5-11H,18-19H2,1-4H3;. The summed E-state index contributed by atoms with van der Waals surface area (Å²) in [6.07, 6.45) is 0. The van der Waals surface area contributed by atoms with Crippen molar-refractivity contribution in [3.05, 3.63) is 176 Å². The van der Waals surface area contributed by atoms with Crippen molar-refractivity contribution in [3.8, 4) is 0 Å². The van der Waals surface area contributed by atoms with Crippen LogP contribution in [0.2, 0.25) is 12.1 Å². The predicted octanol–water partition coefficient (Wildman–Crippen LogP) is 4.38. The fraction of sp³-hybridized carbons (Fsp3) is 0.294. The summed E-state index contributed by atoms with van der Waals surface area (Å²) in [7, 11) is -3.44. The molecule has 0 atom stereocenters. The molecule has 7 heteroatoms. The second kappa shape index (κ2) is 20.1. The van der Waals surface area contributed by atoms with E-state index in [9.17, 15) is 0 Å². The Hall–Kier alpha value is -2.85. The monoisotopic (exact) mass is 901 g/mol. The summed E-state index contributed by atoms with van der Waals surface area (Å²) in [5.74, 6) is 0. The molecular weight excluding hydrogens is 833 g/mol. The van der Waals surface area contributed by atoms with Gasteiger partial charge in [-0.3, -0.25) is 0 Å². The molecule has 6 aromatic carbocycles. The van der Waals surface area contributed by atoms with Crippen molar-refractivity contribution in [1.82, 2.24) is 0 Å². The third-order valence-corrected chi connectivity index (χ3v) is 47.1. The molecule has 0 aliphatic rings. The normalized spacial score (nSPS) is 14.4. The van der Waals surface area contributed by atoms with Gasteiger partial charge in [0.25, 0.3) is 0 Å². The number of rotatable bonds is 15. The zero-order valence-corrected chi connectivity index (χ0v) is 47.5. The number of benzene rings is 6. The minimum atomic E-state index is -1.22. The molecule has 0 saturated carbocycles. The molecular formula is C51H69CrSi6. The van der Waals surface area contributed by atoms with Crippen LogP contribution in [0.25, 0.3) is 0 Å². The molecule has 0 aromatic heterocycles. The molecule has 6 rings (SSSR count). The fourth-order valence-corrected chi connectivity index (χ4v) is 65.8. The average molecular weight is 903 g/mol. The molecule has 0 saturated heterocycles. The first-order valence-corrected chi connectivity index (χ1v) is 33.1. The SMILES string of the molecule is Cc1cccc([SiH2][CH]([SiH2]c2cccc(C)c2C)[Cr]([CH]([SiH2]c2cccc(C)c2C)[SiH2]c2cccc(C)c2C)[CH]([SiH2]c2cccc(C)c2C)[SiH2]c2cccc(C)c2C)c1C. The van der Waals surface area contributed by atoms with Gasteiger partial charge in [0, 0.05) is 0 Å². The summed E-state index contributed by atoms with van der Waals surface area (Å²) in [5, 5.41) is 10.7. The van der Waals surface area contributed by atoms with Gasteiger partial charge in [0.05, 0.1) is 0 Å². The van der Waals surface area contributed by atoms with Gasteiger partial charge in [-0.1, -0.05) is 0 Å². The van der Waals surface area contributed by atoms with Crippen LogP contribution in [0, 0.1) is 83.1 Å². The van der Waals surface area contributed by atoms with Crippen LogP contribution in [0.5, 0.6) is 0 Å². The van der Waals surface area contributed by atoms with E-state index in [1.165, 1.54) is 33.4 Å². The molecule has 0 N–H and O–H groups in total. The number of aryl methyl sites for hydroxylation is 6. The molecule has 0 aliphatic carbocycles. The van der Waals surface area contributed by atoms with Crippen molar-refractivity contribution in [1.29, 1.82) is 0 Å². The first-order chi connectivity index (χ1) is 27.7. The summed E-state index contributed by atoms with van der Waals surface area (Å²) in [5.41, 5.74) is 18.6. The third-order valence-electron chi connectivity index (χ3n) is 14.1. The molecule has 303 valence electrons. The summed E-state index contributed by atoms with van der Waals surface area (Å²) in [6, 6.07) is 44.1. The van der Waals surface area contributed by atoms with Crippen molar-refractivity contribution in [3.63, 3.8) is 0 Å². The topological polar surface area (TPSA) is 0 Å². The zero-order chi connectivity index (χ0) is 41.7. The second-order valence-electron chi connectivity index (χ2n) is 17.7. The molecule has 0 unspecified atom stereocenters. The Morgan fingerprint density at radius 2 is 0.414 bits per heavy atom. The van der Waals surface area contributed by atoms with Crippen LogP contribution in [-0.4, -0.2) is 57.1 Å². The Morgan fingerprint density at radius 3 is 0.569 bits per heavy atom. The number of hydrogen-bond acceptors (Lipinski definition) is 0. The Morgan fingerprint density at radius 1 is 0.259 bits per heavy atom. The quantitative estimate of drug-likeness (QED) is 0.135. The molecule has 0 amide bonds. The molecule has 0 radical (unpaired) electrons. The van der Waals surface area contributed by atoms with E-state index in [1.807, 2.05) is 0 Å². The summed E-state index contributed by atoms with van der Waals surface area (Å²) < 4.78 is 2.88. The Bertz CT molecular complexity index is 1960. The first kappa shape index (κ1) is 44.7. The Labute approximate surface area is 370 Å². The van der Waals surface area contributed by atoms with Crippen molar-refractivity contribution >= 4 is 88.2 Å². The van der Waals surface area contributed by atoms with Crippen LogP contribution in [0.1, 0.15) is 66.8 Å². The predicted molar refractivity (Wildman–Crippen MR) is 276 cm³/mol. The Kier molecular flexibility index (Phi) is 15.5. The molecule has 0 nitrogen and oxygen atoms in total. The van der Waals surface area contributed by atoms with Crippen LogP contribution in [0.3, 0.4) is 0 Å². The summed E-state index contributed by atoms with van der Waals surface area (Å²) in [6.45, 7) is 29.0. The minimum absolute atomic E-state index is 0.573. The van der Waals surface area contributed by atoms with Gasteiger partial charge < -0.3 is 0 Å². The van der Waals surface area contributed by atoms with Gasteiger partial charge in [0.1, 0.15) is 0 Å². The molecule has 0 fully saturated rings. The second-order valence-corrected chi connectivity index (χ2v) is 44.2. The number of hydrogen-bond donors (Lipinski definition) is 0. The van der Waals surface area contributed by atoms with E-state index < -0.39 is 71.3 Å². The van der Waals surface area contributed by atoms with Crippen LogP contribution in [0.15, 0.2) is 109 Å². The maximum atomic E-state index is 2.58. The third kappa shape index (κ3) is 10.5. The molecule has 0 heterocycles. The van der Waals surface area contributed by atoms with Crippen LogP contribution >= 0.6 is 0 Å². The van der Waals surface area contributed by atoms with Crippen molar-refractivity contribution in [2.45, 2.75) is 95.2 Å². The van der Waals surface area contributed by atoms with Crippen molar-refractivity contribution < 1.29 is 14.1 Å². The summed E-state index contributed by atoms with van der Waals surface area (Å²) >= 11 is -1.22. The Balaban J connectivity index is 1.66. The molecule has 0 aliphatic heterocycles. The molecule has 0 spiro atoms. The van der Waals surface area contributed by atoms with Crippen LogP contribution < -0.4 is 31.1 Å². The fourth-order valence-electron chi connectivity index (χ4n) is 9.28. The van der Waals surface area contributed by atoms with E-state index in [-0.39, 0.29) is 0 Å². The van der Waals surface area contributed by atoms with Gasteiger partial charge in [-0.25, -0.2) is 0 Å². The average Bonchev–Trinajstić information content (AvgIpc) is 3.19. The van der Waals surface area contributed by atoms with E-state index in [0.29, 0.717) is 0 Å². The van der Waals surface area contributed by atoms with Gasteiger partial charge in [-0.2, -0.15) is 0 Å². The van der Waals surface area contributed by atoms with E-state index in [4.69, 9.17) is 0 Å². The van der Waals surface area contributed by atoms with E-state index in [1.54, 1.807) is 64.5 Å². The van der Waals surface area contributed by atoms with Gasteiger partial charge in [-0.05, 0) is 0 Å². The maximum absolute atomic E-state index is 2.58. The summed E-state index contributed by atoms with van der Waals surface area (Å²) in [4.78, 5) is 0. The van der Waals surface area contributed by atoms with E-state index >= 15 is 0 Å². The van der Waals surface area contributed by atoms with Crippen molar-refractivity contribution in [2.75, 3.05) is 0 Å². The van der Waals surface area contributed by atoms with Crippen LogP contribution in [-0.2, 0) is 14.1 Å². The van der Waals surface area contributed by atoms with Crippen molar-refractivity contribution in [2.24, 2.45) is 0 Å². The van der Waals surface area contributed by atoms with E-state index in [2.05, 4.69) is 192 Å². The van der Waals surface area contributed by atoms with Gasteiger partial charge in [0.2, 0.25) is 0 Å². The first-order valence-electron chi connectivity index (χ1n) is 21.7. The van der Waals surface area contributed by atoms with Crippen LogP contribution in [0.4, 0.5) is 0 Å². The van der Waals surface area contributed by atoms with Gasteiger partial charge in [-0.15, -0.1) is 0 Å². The zero-order valence-electron chi connectivity index (χ0n) is 37.8. The van der Waals surface area contributed by atoms with Gasteiger partial charge >= 0.3 is 374 Å².